The number of morpholine rings is 1. The molecule has 1 atom stereocenters. The average Bonchev–Trinajstić information content (AvgIpc) is 3.34. The molecular formula is C18H21Cl2N3O. The minimum absolute atomic E-state index is 0.0366. The molecule has 2 fully saturated rings. The SMILES string of the molecule is Cn1ncc(CN2CCO[C@@H](c3ccc(Cl)c(Cl)c3)C2)c1C1CC1. The summed E-state index contributed by atoms with van der Waals surface area (Å²) in [6, 6.07) is 5.76. The number of halogens is 2. The molecule has 1 saturated heterocycles. The molecule has 0 amide bonds. The van der Waals surface area contributed by atoms with Gasteiger partial charge in [0.1, 0.15) is 0 Å². The van der Waals surface area contributed by atoms with Crippen molar-refractivity contribution in [1.82, 2.24) is 14.7 Å². The first kappa shape index (κ1) is 16.4. The van der Waals surface area contributed by atoms with Crippen LogP contribution in [0.3, 0.4) is 0 Å². The zero-order valence-electron chi connectivity index (χ0n) is 13.7. The molecule has 0 bridgehead atoms. The lowest BCUT2D eigenvalue weighted by molar-refractivity contribution is -0.0330. The van der Waals surface area contributed by atoms with Crippen LogP contribution in [0, 0.1) is 0 Å². The van der Waals surface area contributed by atoms with Crippen LogP contribution in [0.15, 0.2) is 24.4 Å². The molecule has 128 valence electrons. The minimum atomic E-state index is 0.0366. The molecule has 1 aliphatic heterocycles. The highest BCUT2D eigenvalue weighted by molar-refractivity contribution is 6.42. The standard InChI is InChI=1S/C18H21Cl2N3O/c1-22-18(12-2-3-12)14(9-21-22)10-23-6-7-24-17(11-23)13-4-5-15(19)16(20)8-13/h4-5,8-9,12,17H,2-3,6-7,10-11H2,1H3/t17-/m1/s1. The second-order valence-corrected chi connectivity index (χ2v) is 7.54. The monoisotopic (exact) mass is 365 g/mol. The van der Waals surface area contributed by atoms with Gasteiger partial charge in [-0.3, -0.25) is 9.58 Å². The molecule has 2 aromatic rings. The lowest BCUT2D eigenvalue weighted by atomic mass is 10.1. The molecular weight excluding hydrogens is 345 g/mol. The van der Waals surface area contributed by atoms with Gasteiger partial charge in [-0.25, -0.2) is 0 Å². The average molecular weight is 366 g/mol. The summed E-state index contributed by atoms with van der Waals surface area (Å²) < 4.78 is 8.00. The van der Waals surface area contributed by atoms with Gasteiger partial charge in [0.25, 0.3) is 0 Å². The Bertz CT molecular complexity index is 742. The van der Waals surface area contributed by atoms with Gasteiger partial charge in [0, 0.05) is 43.9 Å². The Labute approximate surface area is 152 Å². The molecule has 4 rings (SSSR count). The lowest BCUT2D eigenvalue weighted by Gasteiger charge is -2.33. The quantitative estimate of drug-likeness (QED) is 0.813. The Kier molecular flexibility index (Phi) is 4.56. The first-order chi connectivity index (χ1) is 11.6. The van der Waals surface area contributed by atoms with Crippen LogP contribution in [0.5, 0.6) is 0 Å². The highest BCUT2D eigenvalue weighted by Gasteiger charge is 2.31. The number of aromatic nitrogens is 2. The molecule has 1 aromatic carbocycles. The van der Waals surface area contributed by atoms with Crippen molar-refractivity contribution in [3.8, 4) is 0 Å². The lowest BCUT2D eigenvalue weighted by Crippen LogP contribution is -2.38. The number of nitrogens with zero attached hydrogens (tertiary/aromatic N) is 3. The van der Waals surface area contributed by atoms with Crippen LogP contribution in [-0.2, 0) is 18.3 Å². The van der Waals surface area contributed by atoms with Crippen molar-refractivity contribution in [2.24, 2.45) is 7.05 Å². The topological polar surface area (TPSA) is 30.3 Å². The van der Waals surface area contributed by atoms with Gasteiger partial charge < -0.3 is 4.74 Å². The Hall–Kier alpha value is -1.07. The van der Waals surface area contributed by atoms with E-state index < -0.39 is 0 Å². The van der Waals surface area contributed by atoms with Crippen molar-refractivity contribution in [1.29, 1.82) is 0 Å². The number of ether oxygens (including phenoxy) is 1. The first-order valence-corrected chi connectivity index (χ1v) is 9.17. The summed E-state index contributed by atoms with van der Waals surface area (Å²) in [6.07, 6.45) is 4.65. The largest absolute Gasteiger partial charge is 0.371 e. The molecule has 0 radical (unpaired) electrons. The molecule has 2 heterocycles. The maximum Gasteiger partial charge on any atom is 0.0953 e. The molecule has 0 N–H and O–H groups in total. The summed E-state index contributed by atoms with van der Waals surface area (Å²) in [7, 11) is 2.05. The molecule has 6 heteroatoms. The highest BCUT2D eigenvalue weighted by atomic mass is 35.5. The summed E-state index contributed by atoms with van der Waals surface area (Å²) in [5.41, 5.74) is 3.85. The number of hydrogen-bond acceptors (Lipinski definition) is 3. The van der Waals surface area contributed by atoms with Crippen LogP contribution in [0.25, 0.3) is 0 Å². The predicted molar refractivity (Wildman–Crippen MR) is 95.6 cm³/mol. The minimum Gasteiger partial charge on any atom is -0.371 e. The summed E-state index contributed by atoms with van der Waals surface area (Å²) in [5, 5.41) is 5.63. The van der Waals surface area contributed by atoms with Gasteiger partial charge in [-0.1, -0.05) is 29.3 Å². The zero-order valence-corrected chi connectivity index (χ0v) is 15.2. The van der Waals surface area contributed by atoms with E-state index in [0.717, 1.165) is 31.8 Å². The van der Waals surface area contributed by atoms with Gasteiger partial charge in [-0.15, -0.1) is 0 Å². The Morgan fingerprint density at radius 2 is 2.08 bits per heavy atom. The van der Waals surface area contributed by atoms with Gasteiger partial charge in [0.05, 0.1) is 29.0 Å². The van der Waals surface area contributed by atoms with E-state index >= 15 is 0 Å². The molecule has 0 spiro atoms. The summed E-state index contributed by atoms with van der Waals surface area (Å²) >= 11 is 12.2. The van der Waals surface area contributed by atoms with E-state index in [1.54, 1.807) is 0 Å². The van der Waals surface area contributed by atoms with E-state index in [1.165, 1.54) is 24.1 Å². The Morgan fingerprint density at radius 1 is 1.25 bits per heavy atom. The maximum atomic E-state index is 6.15. The van der Waals surface area contributed by atoms with Gasteiger partial charge >= 0.3 is 0 Å². The molecule has 1 aromatic heterocycles. The molecule has 1 saturated carbocycles. The maximum absolute atomic E-state index is 6.15. The first-order valence-electron chi connectivity index (χ1n) is 8.41. The summed E-state index contributed by atoms with van der Waals surface area (Å²) in [5.74, 6) is 0.708. The van der Waals surface area contributed by atoms with E-state index in [9.17, 15) is 0 Å². The van der Waals surface area contributed by atoms with Crippen LogP contribution in [0.2, 0.25) is 10.0 Å². The number of aryl methyl sites for hydroxylation is 1. The fourth-order valence-corrected chi connectivity index (χ4v) is 3.81. The predicted octanol–water partition coefficient (Wildman–Crippen LogP) is 4.18. The third-order valence-corrected chi connectivity index (χ3v) is 5.63. The Balaban J connectivity index is 1.48. The number of benzene rings is 1. The highest BCUT2D eigenvalue weighted by Crippen LogP contribution is 2.41. The third-order valence-electron chi connectivity index (χ3n) is 4.89. The van der Waals surface area contributed by atoms with Crippen molar-refractivity contribution in [2.45, 2.75) is 31.4 Å². The van der Waals surface area contributed by atoms with E-state index in [2.05, 4.69) is 17.0 Å². The van der Waals surface area contributed by atoms with E-state index in [4.69, 9.17) is 27.9 Å². The number of rotatable bonds is 4. The summed E-state index contributed by atoms with van der Waals surface area (Å²) in [6.45, 7) is 3.46. The number of hydrogen-bond donors (Lipinski definition) is 0. The zero-order chi connectivity index (χ0) is 16.7. The molecule has 0 unspecified atom stereocenters. The second-order valence-electron chi connectivity index (χ2n) is 6.72. The fourth-order valence-electron chi connectivity index (χ4n) is 3.50. The summed E-state index contributed by atoms with van der Waals surface area (Å²) in [4.78, 5) is 2.44. The van der Waals surface area contributed by atoms with Crippen molar-refractivity contribution in [2.75, 3.05) is 19.7 Å². The van der Waals surface area contributed by atoms with Crippen molar-refractivity contribution >= 4 is 23.2 Å². The molecule has 4 nitrogen and oxygen atoms in total. The smallest absolute Gasteiger partial charge is 0.0953 e. The second kappa shape index (κ2) is 6.68. The van der Waals surface area contributed by atoms with E-state index in [0.29, 0.717) is 16.0 Å². The van der Waals surface area contributed by atoms with Gasteiger partial charge in [0.2, 0.25) is 0 Å². The molecule has 24 heavy (non-hydrogen) atoms. The van der Waals surface area contributed by atoms with Crippen molar-refractivity contribution in [3.05, 3.63) is 51.3 Å². The van der Waals surface area contributed by atoms with Crippen molar-refractivity contribution < 1.29 is 4.74 Å². The van der Waals surface area contributed by atoms with Crippen molar-refractivity contribution in [3.63, 3.8) is 0 Å². The van der Waals surface area contributed by atoms with E-state index in [1.807, 2.05) is 29.1 Å². The Morgan fingerprint density at radius 3 is 2.83 bits per heavy atom. The van der Waals surface area contributed by atoms with Gasteiger partial charge in [0.15, 0.2) is 0 Å². The van der Waals surface area contributed by atoms with Gasteiger partial charge in [-0.2, -0.15) is 5.10 Å². The van der Waals surface area contributed by atoms with E-state index in [-0.39, 0.29) is 6.10 Å². The van der Waals surface area contributed by atoms with Crippen LogP contribution in [0.4, 0.5) is 0 Å². The van der Waals surface area contributed by atoms with Crippen LogP contribution in [0.1, 0.15) is 41.7 Å². The molecule has 2 aliphatic rings. The normalized spacial score (nSPS) is 22.0. The van der Waals surface area contributed by atoms with Crippen LogP contribution >= 0.6 is 23.2 Å². The van der Waals surface area contributed by atoms with Crippen LogP contribution in [-0.4, -0.2) is 34.4 Å². The van der Waals surface area contributed by atoms with Gasteiger partial charge in [-0.05, 0) is 30.5 Å². The van der Waals surface area contributed by atoms with Crippen LogP contribution < -0.4 is 0 Å². The molecule has 1 aliphatic carbocycles. The fraction of sp³-hybridized carbons (Fsp3) is 0.500. The third kappa shape index (κ3) is 3.33.